The van der Waals surface area contributed by atoms with Crippen LogP contribution in [0.25, 0.3) is 10.9 Å². The summed E-state index contributed by atoms with van der Waals surface area (Å²) < 4.78 is 21.3. The molecule has 0 N–H and O–H groups in total. The van der Waals surface area contributed by atoms with Crippen LogP contribution in [0.4, 0.5) is 4.39 Å². The highest BCUT2D eigenvalue weighted by Gasteiger charge is 2.28. The van der Waals surface area contributed by atoms with Crippen LogP contribution in [0.2, 0.25) is 0 Å². The Bertz CT molecular complexity index is 605. The van der Waals surface area contributed by atoms with Crippen LogP contribution in [0.3, 0.4) is 0 Å². The maximum absolute atomic E-state index is 14.1. The second kappa shape index (κ2) is 7.84. The number of hydrogen-bond acceptors (Lipinski definition) is 2. The smallest absolute Gasteiger partial charge is 0.130 e. The van der Waals surface area contributed by atoms with Gasteiger partial charge in [0.05, 0.1) is 24.7 Å². The summed E-state index contributed by atoms with van der Waals surface area (Å²) in [7, 11) is 0. The van der Waals surface area contributed by atoms with E-state index in [2.05, 4.69) is 46.2 Å². The van der Waals surface area contributed by atoms with Crippen molar-refractivity contribution < 1.29 is 9.13 Å². The van der Waals surface area contributed by atoms with E-state index in [4.69, 9.17) is 4.74 Å². The van der Waals surface area contributed by atoms with Gasteiger partial charge in [0.25, 0.3) is 0 Å². The van der Waals surface area contributed by atoms with Gasteiger partial charge in [-0.05, 0) is 58.6 Å². The Kier molecular flexibility index (Phi) is 6.38. The molecule has 0 spiro atoms. The number of fused-ring (bicyclic) bond motifs is 1. The number of aryl methyl sites for hydroxylation is 1. The first-order valence-electron chi connectivity index (χ1n) is 7.27. The molecule has 1 fully saturated rings. The molecule has 1 aromatic heterocycles. The molecule has 3 nitrogen and oxygen atoms in total. The molecule has 0 amide bonds. The third-order valence-corrected chi connectivity index (χ3v) is 5.61. The van der Waals surface area contributed by atoms with Gasteiger partial charge >= 0.3 is 0 Å². The van der Waals surface area contributed by atoms with Gasteiger partial charge in [0.1, 0.15) is 6.17 Å². The third kappa shape index (κ3) is 3.57. The lowest BCUT2D eigenvalue weighted by molar-refractivity contribution is 0.0217. The zero-order chi connectivity index (χ0) is 15.4. The summed E-state index contributed by atoms with van der Waals surface area (Å²) in [5.74, 6) is -0.0426. The van der Waals surface area contributed by atoms with Crippen molar-refractivity contribution >= 4 is 39.3 Å². The van der Waals surface area contributed by atoms with Crippen molar-refractivity contribution in [3.8, 4) is 0 Å². The van der Waals surface area contributed by atoms with Crippen molar-refractivity contribution in [1.82, 2.24) is 9.55 Å². The summed E-state index contributed by atoms with van der Waals surface area (Å²) in [5.41, 5.74) is 3.37. The first kappa shape index (κ1) is 17.1. The molecule has 0 aliphatic carbocycles. The zero-order valence-electron chi connectivity index (χ0n) is 12.6. The van der Waals surface area contributed by atoms with E-state index >= 15 is 0 Å². The maximum Gasteiger partial charge on any atom is 0.130 e. The van der Waals surface area contributed by atoms with Gasteiger partial charge in [0, 0.05) is 17.9 Å². The van der Waals surface area contributed by atoms with Crippen LogP contribution in [0.5, 0.6) is 0 Å². The van der Waals surface area contributed by atoms with E-state index in [1.165, 1.54) is 0 Å². The predicted molar refractivity (Wildman–Crippen MR) is 96.6 cm³/mol. The lowest BCUT2D eigenvalue weighted by atomic mass is 9.87. The molecule has 3 atom stereocenters. The van der Waals surface area contributed by atoms with Gasteiger partial charge in [-0.15, -0.1) is 0 Å². The van der Waals surface area contributed by atoms with Gasteiger partial charge in [0.2, 0.25) is 0 Å². The van der Waals surface area contributed by atoms with E-state index < -0.39 is 6.17 Å². The van der Waals surface area contributed by atoms with Crippen LogP contribution in [0.1, 0.15) is 37.3 Å². The molecule has 1 aromatic carbocycles. The molecule has 1 aliphatic rings. The summed E-state index contributed by atoms with van der Waals surface area (Å²) in [6.45, 7) is 6.92. The fraction of sp³-hybridized carbons (Fsp3) is 0.533. The van der Waals surface area contributed by atoms with Crippen LogP contribution < -0.4 is 0 Å². The Hall–Kier alpha value is -0.260. The number of aromatic nitrogens is 2. The molecule has 0 saturated carbocycles. The van der Waals surface area contributed by atoms with E-state index in [-0.39, 0.29) is 12.5 Å². The predicted octanol–water partition coefficient (Wildman–Crippen LogP) is 5.00. The average molecular weight is 422 g/mol. The van der Waals surface area contributed by atoms with Crippen LogP contribution >= 0.6 is 28.4 Å². The molecule has 2 aromatic rings. The first-order chi connectivity index (χ1) is 10.2. The summed E-state index contributed by atoms with van der Waals surface area (Å²) in [6, 6.07) is 4.24. The number of halogens is 2. The Morgan fingerprint density at radius 2 is 2.19 bits per heavy atom. The molecule has 3 unspecified atom stereocenters. The zero-order valence-corrected chi connectivity index (χ0v) is 15.7. The quantitative estimate of drug-likeness (QED) is 0.503. The third-order valence-electron chi connectivity index (χ3n) is 3.72. The number of rotatable bonds is 2. The Balaban J connectivity index is 0.000000774. The second-order valence-electron chi connectivity index (χ2n) is 4.89. The van der Waals surface area contributed by atoms with Gasteiger partial charge < -0.3 is 4.74 Å². The van der Waals surface area contributed by atoms with Gasteiger partial charge in [-0.25, -0.2) is 8.84 Å². The van der Waals surface area contributed by atoms with Gasteiger partial charge in [-0.1, -0.05) is 13.8 Å². The summed E-state index contributed by atoms with van der Waals surface area (Å²) >= 11 is 2.31. The summed E-state index contributed by atoms with van der Waals surface area (Å²) in [4.78, 5) is 0. The molecule has 21 heavy (non-hydrogen) atoms. The lowest BCUT2D eigenvalue weighted by Gasteiger charge is -2.27. The van der Waals surface area contributed by atoms with Crippen molar-refractivity contribution in [1.29, 1.82) is 0 Å². The van der Waals surface area contributed by atoms with Crippen LogP contribution in [-0.2, 0) is 4.74 Å². The molecule has 6 heteroatoms. The molecular weight excluding hydrogens is 401 g/mol. The average Bonchev–Trinajstić information content (AvgIpc) is 2.91. The van der Waals surface area contributed by atoms with E-state index in [9.17, 15) is 4.39 Å². The number of alkyl halides is 1. The number of hydrogen-bond donors (Lipinski definition) is 0. The fourth-order valence-electron chi connectivity index (χ4n) is 2.72. The van der Waals surface area contributed by atoms with Crippen molar-refractivity contribution in [2.45, 2.75) is 39.3 Å². The Morgan fingerprint density at radius 3 is 2.86 bits per heavy atom. The van der Waals surface area contributed by atoms with E-state index in [0.717, 1.165) is 28.5 Å². The molecular formula is C15H21FIN2OP. The minimum atomic E-state index is -0.900. The van der Waals surface area contributed by atoms with Crippen molar-refractivity contribution in [3.63, 3.8) is 0 Å². The summed E-state index contributed by atoms with van der Waals surface area (Å²) in [5, 5.41) is 5.50. The number of ether oxygens (including phenoxy) is 1. The highest BCUT2D eigenvalue weighted by atomic mass is 127. The monoisotopic (exact) mass is 422 g/mol. The standard InChI is InChI=1S/C13H15FIN2OP.C2H6/c1-8-4-9-6-16-17(19-15)13(9)5-11(8)10-2-3-18-7-12(10)14;1-2/h4-6,10,12,19H,2-3,7H2,1H3;1-2H3. The largest absolute Gasteiger partial charge is 0.378 e. The first-order valence-corrected chi connectivity index (χ1v) is 11.3. The van der Waals surface area contributed by atoms with E-state index in [0.29, 0.717) is 13.0 Å². The minimum Gasteiger partial charge on any atom is -0.378 e. The molecule has 2 heterocycles. The fourth-order valence-corrected chi connectivity index (χ4v) is 4.26. The highest BCUT2D eigenvalue weighted by Crippen LogP contribution is 2.36. The van der Waals surface area contributed by atoms with Crippen molar-refractivity contribution in [2.24, 2.45) is 0 Å². The molecule has 0 radical (unpaired) electrons. The number of nitrogens with zero attached hydrogens (tertiary/aromatic N) is 2. The summed E-state index contributed by atoms with van der Waals surface area (Å²) in [6.07, 6.45) is 2.30. The van der Waals surface area contributed by atoms with E-state index in [1.807, 2.05) is 24.5 Å². The second-order valence-corrected chi connectivity index (χ2v) is 6.93. The molecule has 1 aliphatic heterocycles. The number of benzene rings is 1. The maximum atomic E-state index is 14.1. The SMILES string of the molecule is CC.Cc1cc2cnn(PI)c2cc1C1CCOCC1F. The van der Waals surface area contributed by atoms with E-state index in [1.54, 1.807) is 0 Å². The van der Waals surface area contributed by atoms with Crippen LogP contribution in [-0.4, -0.2) is 28.9 Å². The molecule has 116 valence electrons. The molecule has 0 bridgehead atoms. The molecule has 1 saturated heterocycles. The Morgan fingerprint density at radius 1 is 1.43 bits per heavy atom. The minimum absolute atomic E-state index is 0.0426. The van der Waals surface area contributed by atoms with Crippen molar-refractivity contribution in [2.75, 3.05) is 13.2 Å². The molecule has 3 rings (SSSR count). The van der Waals surface area contributed by atoms with Crippen LogP contribution in [0, 0.1) is 6.92 Å². The van der Waals surface area contributed by atoms with Gasteiger partial charge in [-0.2, -0.15) is 5.10 Å². The van der Waals surface area contributed by atoms with Gasteiger partial charge in [0.15, 0.2) is 0 Å². The highest BCUT2D eigenvalue weighted by molar-refractivity contribution is 14.2. The van der Waals surface area contributed by atoms with Crippen molar-refractivity contribution in [3.05, 3.63) is 29.5 Å². The van der Waals surface area contributed by atoms with Crippen LogP contribution in [0.15, 0.2) is 18.3 Å². The topological polar surface area (TPSA) is 27.1 Å². The lowest BCUT2D eigenvalue weighted by Crippen LogP contribution is -2.27. The van der Waals surface area contributed by atoms with Gasteiger partial charge in [-0.3, -0.25) is 0 Å². The normalized spacial score (nSPS) is 22.5. The Labute approximate surface area is 139 Å².